The lowest BCUT2D eigenvalue weighted by atomic mass is 9.84. The Morgan fingerprint density at radius 2 is 1.46 bits per heavy atom. The van der Waals surface area contributed by atoms with E-state index in [0.29, 0.717) is 6.42 Å². The van der Waals surface area contributed by atoms with E-state index in [9.17, 15) is 27.6 Å². The molecule has 4 N–H and O–H groups in total. The van der Waals surface area contributed by atoms with Crippen molar-refractivity contribution in [2.45, 2.75) is 64.1 Å². The van der Waals surface area contributed by atoms with Crippen LogP contribution >= 0.6 is 0 Å². The van der Waals surface area contributed by atoms with Gasteiger partial charge in [-0.15, -0.1) is 0 Å². The number of hydrogen-bond donors (Lipinski definition) is 4. The maximum absolute atomic E-state index is 14.4. The average molecular weight is 724 g/mol. The van der Waals surface area contributed by atoms with Gasteiger partial charge in [0.25, 0.3) is 5.91 Å². The van der Waals surface area contributed by atoms with E-state index in [4.69, 9.17) is 0 Å². The third kappa shape index (κ3) is 10.3. The van der Waals surface area contributed by atoms with Gasteiger partial charge in [0.05, 0.1) is 23.5 Å². The van der Waals surface area contributed by atoms with Crippen molar-refractivity contribution in [1.82, 2.24) is 20.3 Å². The van der Waals surface area contributed by atoms with Crippen molar-refractivity contribution >= 4 is 39.5 Å². The highest BCUT2D eigenvalue weighted by Crippen LogP contribution is 2.40. The Hall–Kier alpha value is -5.49. The first kappa shape index (κ1) is 37.8. The summed E-state index contributed by atoms with van der Waals surface area (Å²) < 4.78 is 25.2. The summed E-state index contributed by atoms with van der Waals surface area (Å²) in [4.78, 5) is 55.3. The molecule has 0 aromatic heterocycles. The van der Waals surface area contributed by atoms with Crippen molar-refractivity contribution < 1.29 is 27.6 Å². The molecule has 3 atom stereocenters. The SMILES string of the molecule is Cc1ccccc1C1CC(NC(=O)Nc2ccccc2C(=O)NS(C)(=O)=O)C(=O)N(CC(=O)NC(C)(C)C)C(c2ccccc2)C1.c1cc2cc-2c1. The van der Waals surface area contributed by atoms with Gasteiger partial charge in [0, 0.05) is 5.54 Å². The van der Waals surface area contributed by atoms with E-state index in [1.807, 2.05) is 87.0 Å². The first-order valence-electron chi connectivity index (χ1n) is 17.1. The second-order valence-electron chi connectivity index (χ2n) is 14.2. The van der Waals surface area contributed by atoms with Gasteiger partial charge in [-0.25, -0.2) is 17.9 Å². The van der Waals surface area contributed by atoms with Crippen LogP contribution in [0.25, 0.3) is 11.1 Å². The van der Waals surface area contributed by atoms with Crippen LogP contribution in [-0.4, -0.2) is 61.5 Å². The van der Waals surface area contributed by atoms with Gasteiger partial charge in [-0.05, 0) is 92.5 Å². The van der Waals surface area contributed by atoms with Crippen LogP contribution in [-0.2, 0) is 19.6 Å². The molecule has 1 fully saturated rings. The molecule has 2 aliphatic carbocycles. The first-order chi connectivity index (χ1) is 24.6. The number of nitrogens with one attached hydrogen (secondary N) is 4. The van der Waals surface area contributed by atoms with E-state index in [-0.39, 0.29) is 36.0 Å². The summed E-state index contributed by atoms with van der Waals surface area (Å²) in [6, 6.07) is 29.6. The maximum atomic E-state index is 14.4. The summed E-state index contributed by atoms with van der Waals surface area (Å²) >= 11 is 0. The number of aryl methyl sites for hydroxylation is 1. The molecule has 3 aromatic carbocycles. The minimum Gasteiger partial charge on any atom is -0.350 e. The third-order valence-electron chi connectivity index (χ3n) is 8.74. The normalized spacial score (nSPS) is 17.8. The number of sulfonamides is 1. The average Bonchev–Trinajstić information content (AvgIpc) is 3.70. The van der Waals surface area contributed by atoms with E-state index >= 15 is 0 Å². The molecule has 3 unspecified atom stereocenters. The van der Waals surface area contributed by atoms with Crippen molar-refractivity contribution in [3.8, 4) is 11.1 Å². The standard InChI is InChI=1S/C34H41N5O6S.C6H4/c1-22-13-9-10-16-25(22)24-19-28(36-33(43)35-27-18-12-11-17-26(27)31(41)38-46(5,44)45)32(42)39(21-30(40)37-34(2,3)4)29(20-24)23-14-7-6-8-15-23;1-2-5-4-6(5)3-1/h6-18,24,28-29H,19-21H2,1-5H3,(H,37,40)(H,38,41)(H2,35,36,43);1-4H. The summed E-state index contributed by atoms with van der Waals surface area (Å²) in [5.74, 6) is -1.83. The monoisotopic (exact) mass is 723 g/mol. The number of rotatable bonds is 8. The summed E-state index contributed by atoms with van der Waals surface area (Å²) in [6.07, 6.45) is 1.62. The van der Waals surface area contributed by atoms with Crippen LogP contribution in [0, 0.1) is 6.92 Å². The quantitative estimate of drug-likeness (QED) is 0.156. The first-order valence-corrected chi connectivity index (χ1v) is 19.0. The second kappa shape index (κ2) is 15.8. The van der Waals surface area contributed by atoms with E-state index in [0.717, 1.165) is 22.9 Å². The van der Waals surface area contributed by atoms with Gasteiger partial charge in [0.15, 0.2) is 0 Å². The minimum absolute atomic E-state index is 0.0567. The van der Waals surface area contributed by atoms with Crippen LogP contribution in [0.15, 0.2) is 103 Å². The van der Waals surface area contributed by atoms with Crippen molar-refractivity contribution in [1.29, 1.82) is 0 Å². The van der Waals surface area contributed by atoms with E-state index in [1.165, 1.54) is 34.2 Å². The minimum atomic E-state index is -3.85. The van der Waals surface area contributed by atoms with Crippen LogP contribution in [0.4, 0.5) is 10.5 Å². The number of benzene rings is 4. The predicted molar refractivity (Wildman–Crippen MR) is 202 cm³/mol. The number of para-hydroxylation sites is 1. The number of likely N-dealkylation sites (tertiary alicyclic amines) is 1. The Balaban J connectivity index is 0.000000776. The van der Waals surface area contributed by atoms with Crippen LogP contribution in [0.2, 0.25) is 0 Å². The van der Waals surface area contributed by atoms with Gasteiger partial charge in [0.2, 0.25) is 21.8 Å². The largest absolute Gasteiger partial charge is 0.350 e. The second-order valence-corrected chi connectivity index (χ2v) is 15.9. The molecule has 12 heteroatoms. The van der Waals surface area contributed by atoms with Crippen LogP contribution in [0.5, 0.6) is 0 Å². The third-order valence-corrected chi connectivity index (χ3v) is 9.30. The fourth-order valence-electron chi connectivity index (χ4n) is 6.45. The molecule has 0 bridgehead atoms. The number of hydrogen-bond acceptors (Lipinski definition) is 6. The van der Waals surface area contributed by atoms with Crippen molar-refractivity contribution in [2.75, 3.05) is 18.1 Å². The van der Waals surface area contributed by atoms with Gasteiger partial charge in [-0.3, -0.25) is 14.4 Å². The van der Waals surface area contributed by atoms with E-state index in [2.05, 4.69) is 40.2 Å². The fraction of sp³-hybridized carbons (Fsp3) is 0.300. The van der Waals surface area contributed by atoms with Crippen LogP contribution in [0.3, 0.4) is 0 Å². The topological polar surface area (TPSA) is 154 Å². The van der Waals surface area contributed by atoms with Gasteiger partial charge in [0.1, 0.15) is 12.6 Å². The van der Waals surface area contributed by atoms with E-state index in [1.54, 1.807) is 6.07 Å². The Morgan fingerprint density at radius 3 is 2.06 bits per heavy atom. The number of amides is 5. The highest BCUT2D eigenvalue weighted by atomic mass is 32.2. The molecule has 0 spiro atoms. The zero-order valence-electron chi connectivity index (χ0n) is 30.0. The molecule has 1 aliphatic heterocycles. The number of carbonyl (C=O) groups excluding carboxylic acids is 4. The Labute approximate surface area is 305 Å². The van der Waals surface area contributed by atoms with Gasteiger partial charge < -0.3 is 20.9 Å². The molecular formula is C40H45N5O6S. The number of nitrogens with zero attached hydrogens (tertiary/aromatic N) is 1. The molecule has 6 rings (SSSR count). The van der Waals surface area contributed by atoms with E-state index < -0.39 is 45.5 Å². The number of carbonyl (C=O) groups is 4. The van der Waals surface area contributed by atoms with Crippen LogP contribution in [0.1, 0.15) is 72.6 Å². The van der Waals surface area contributed by atoms with Crippen molar-refractivity contribution in [2.24, 2.45) is 0 Å². The smallest absolute Gasteiger partial charge is 0.319 e. The van der Waals surface area contributed by atoms with Crippen molar-refractivity contribution in [3.05, 3.63) is 125 Å². The lowest BCUT2D eigenvalue weighted by Crippen LogP contribution is -2.53. The lowest BCUT2D eigenvalue weighted by molar-refractivity contribution is -0.139. The molecule has 1 heterocycles. The zero-order chi connectivity index (χ0) is 37.6. The predicted octanol–water partition coefficient (Wildman–Crippen LogP) is 5.90. The Bertz CT molecular complexity index is 2040. The van der Waals surface area contributed by atoms with Gasteiger partial charge >= 0.3 is 6.03 Å². The number of anilines is 1. The van der Waals surface area contributed by atoms with Crippen LogP contribution < -0.4 is 20.7 Å². The molecule has 0 radical (unpaired) electrons. The molecule has 272 valence electrons. The molecule has 3 aliphatic rings. The molecule has 5 amide bonds. The summed E-state index contributed by atoms with van der Waals surface area (Å²) in [5, 5.41) is 8.34. The molecule has 0 saturated carbocycles. The Morgan fingerprint density at radius 1 is 0.827 bits per heavy atom. The molecule has 52 heavy (non-hydrogen) atoms. The van der Waals surface area contributed by atoms with Crippen molar-refractivity contribution in [3.63, 3.8) is 0 Å². The summed E-state index contributed by atoms with van der Waals surface area (Å²) in [5.41, 5.74) is 5.26. The maximum Gasteiger partial charge on any atom is 0.319 e. The molecule has 11 nitrogen and oxygen atoms in total. The highest BCUT2D eigenvalue weighted by molar-refractivity contribution is 7.89. The van der Waals surface area contributed by atoms with Gasteiger partial charge in [-0.1, -0.05) is 84.9 Å². The zero-order valence-corrected chi connectivity index (χ0v) is 30.8. The molecule has 3 aromatic rings. The number of urea groups is 1. The Kier molecular flexibility index (Phi) is 11.5. The van der Waals surface area contributed by atoms with Gasteiger partial charge in [-0.2, -0.15) is 0 Å². The molecule has 1 saturated heterocycles. The number of fused-ring (bicyclic) bond motifs is 1. The highest BCUT2D eigenvalue weighted by Gasteiger charge is 2.40. The summed E-state index contributed by atoms with van der Waals surface area (Å²) in [7, 11) is -3.85. The fourth-order valence-corrected chi connectivity index (χ4v) is 6.90. The lowest BCUT2D eigenvalue weighted by Gasteiger charge is -2.33. The molecular weight excluding hydrogens is 679 g/mol. The summed E-state index contributed by atoms with van der Waals surface area (Å²) in [6.45, 7) is 7.37.